The first-order valence-corrected chi connectivity index (χ1v) is 13.9. The molecule has 0 aliphatic carbocycles. The minimum atomic E-state index is -0.452. The van der Waals surface area contributed by atoms with Crippen LogP contribution in [0.2, 0.25) is 0 Å². The van der Waals surface area contributed by atoms with E-state index in [1.165, 1.54) is 48.2 Å². The number of benzene rings is 2. The molecule has 0 bridgehead atoms. The van der Waals surface area contributed by atoms with Gasteiger partial charge in [0, 0.05) is 22.6 Å². The number of primary amides is 1. The molecule has 6 nitrogen and oxygen atoms in total. The number of amides is 1. The summed E-state index contributed by atoms with van der Waals surface area (Å²) in [7, 11) is 0. The van der Waals surface area contributed by atoms with Crippen LogP contribution in [0.3, 0.4) is 0 Å². The van der Waals surface area contributed by atoms with Crippen LogP contribution in [0.15, 0.2) is 58.6 Å². The van der Waals surface area contributed by atoms with Crippen molar-refractivity contribution in [2.45, 2.75) is 36.6 Å². The molecule has 36 heavy (non-hydrogen) atoms. The summed E-state index contributed by atoms with van der Waals surface area (Å²) in [5, 5.41) is 9.23. The van der Waals surface area contributed by atoms with Crippen molar-refractivity contribution in [2.24, 2.45) is 11.7 Å². The summed E-state index contributed by atoms with van der Waals surface area (Å²) in [5.74, 6) is 2.31. The van der Waals surface area contributed by atoms with Gasteiger partial charge in [0.05, 0.1) is 17.6 Å². The van der Waals surface area contributed by atoms with Gasteiger partial charge in [0.2, 0.25) is 5.91 Å². The molecule has 0 radical (unpaired) electrons. The standard InChI is InChI=1S/C27H28FN5OS2/c1-16-9-20(28)12-21(10-16)36-25-13-23(30-14-18-5-7-35-8-6-18)27-31-15-24(33(27)32-25)19-3-4-22(26(29)34)17(2)11-19/h3-4,9-13,15,18,30H,5-8,14H2,1-2H3,(H2,29,34). The molecule has 186 valence electrons. The summed E-state index contributed by atoms with van der Waals surface area (Å²) < 4.78 is 15.9. The second kappa shape index (κ2) is 10.5. The molecule has 1 aliphatic heterocycles. The Labute approximate surface area is 218 Å². The summed E-state index contributed by atoms with van der Waals surface area (Å²) in [6, 6.07) is 12.5. The van der Waals surface area contributed by atoms with Crippen LogP contribution in [0.5, 0.6) is 0 Å². The number of nitrogens with one attached hydrogen (secondary N) is 1. The molecular weight excluding hydrogens is 493 g/mol. The Morgan fingerprint density at radius 2 is 2.00 bits per heavy atom. The Balaban J connectivity index is 1.55. The second-order valence-corrected chi connectivity index (χ2v) is 11.5. The molecule has 1 amide bonds. The third kappa shape index (κ3) is 5.37. The van der Waals surface area contributed by atoms with Crippen molar-refractivity contribution in [2.75, 3.05) is 23.4 Å². The number of nitrogens with zero attached hydrogens (tertiary/aromatic N) is 3. The van der Waals surface area contributed by atoms with E-state index in [-0.39, 0.29) is 5.82 Å². The molecule has 5 rings (SSSR count). The molecule has 0 spiro atoms. The van der Waals surface area contributed by atoms with Gasteiger partial charge in [-0.05, 0) is 91.6 Å². The van der Waals surface area contributed by atoms with Gasteiger partial charge in [-0.15, -0.1) is 0 Å². The van der Waals surface area contributed by atoms with E-state index in [9.17, 15) is 9.18 Å². The Hall–Kier alpha value is -3.04. The number of hydrogen-bond acceptors (Lipinski definition) is 6. The molecule has 0 unspecified atom stereocenters. The van der Waals surface area contributed by atoms with Gasteiger partial charge in [0.15, 0.2) is 5.65 Å². The van der Waals surface area contributed by atoms with Crippen molar-refractivity contribution in [3.63, 3.8) is 0 Å². The average molecular weight is 522 g/mol. The van der Waals surface area contributed by atoms with E-state index in [4.69, 9.17) is 15.8 Å². The normalized spacial score (nSPS) is 14.3. The molecule has 4 aromatic rings. The van der Waals surface area contributed by atoms with Gasteiger partial charge in [0.1, 0.15) is 10.8 Å². The second-order valence-electron chi connectivity index (χ2n) is 9.17. The summed E-state index contributed by atoms with van der Waals surface area (Å²) in [5.41, 5.74) is 11.0. The van der Waals surface area contributed by atoms with Gasteiger partial charge in [-0.1, -0.05) is 17.8 Å². The van der Waals surface area contributed by atoms with Crippen LogP contribution in [-0.2, 0) is 0 Å². The highest BCUT2D eigenvalue weighted by atomic mass is 32.2. The van der Waals surface area contributed by atoms with Crippen molar-refractivity contribution < 1.29 is 9.18 Å². The Morgan fingerprint density at radius 3 is 2.72 bits per heavy atom. The van der Waals surface area contributed by atoms with Crippen LogP contribution in [0.4, 0.5) is 10.1 Å². The Kier molecular flexibility index (Phi) is 7.20. The molecule has 0 saturated carbocycles. The summed E-state index contributed by atoms with van der Waals surface area (Å²) in [4.78, 5) is 17.2. The molecule has 3 heterocycles. The third-order valence-corrected chi connectivity index (χ3v) is 8.32. The van der Waals surface area contributed by atoms with E-state index in [1.54, 1.807) is 12.3 Å². The number of carbonyl (C=O) groups is 1. The van der Waals surface area contributed by atoms with Gasteiger partial charge >= 0.3 is 0 Å². The number of fused-ring (bicyclic) bond motifs is 1. The molecule has 1 saturated heterocycles. The first-order chi connectivity index (χ1) is 17.4. The maximum atomic E-state index is 14.1. The SMILES string of the molecule is Cc1cc(F)cc(Sc2cc(NCC3CCSCC3)c3ncc(-c4ccc(C(N)=O)c(C)c4)n3n2)c1. The van der Waals surface area contributed by atoms with Crippen LogP contribution in [-0.4, -0.2) is 38.6 Å². The van der Waals surface area contributed by atoms with Crippen molar-refractivity contribution in [3.05, 3.63) is 71.2 Å². The quantitative estimate of drug-likeness (QED) is 0.312. The number of halogens is 1. The van der Waals surface area contributed by atoms with E-state index < -0.39 is 5.91 Å². The van der Waals surface area contributed by atoms with Crippen molar-refractivity contribution in [3.8, 4) is 11.3 Å². The van der Waals surface area contributed by atoms with Crippen LogP contribution >= 0.6 is 23.5 Å². The number of rotatable bonds is 7. The molecule has 2 aromatic carbocycles. The zero-order valence-corrected chi connectivity index (χ0v) is 21.9. The maximum Gasteiger partial charge on any atom is 0.248 e. The molecule has 1 fully saturated rings. The van der Waals surface area contributed by atoms with E-state index in [0.29, 0.717) is 11.5 Å². The highest BCUT2D eigenvalue weighted by molar-refractivity contribution is 7.99. The zero-order valence-electron chi connectivity index (χ0n) is 20.3. The fraction of sp³-hybridized carbons (Fsp3) is 0.296. The lowest BCUT2D eigenvalue weighted by Gasteiger charge is -2.22. The third-order valence-electron chi connectivity index (χ3n) is 6.39. The number of carbonyl (C=O) groups excluding carboxylic acids is 1. The minimum absolute atomic E-state index is 0.263. The number of imidazole rings is 1. The minimum Gasteiger partial charge on any atom is -0.382 e. The zero-order chi connectivity index (χ0) is 25.2. The smallest absolute Gasteiger partial charge is 0.248 e. The number of thioether (sulfide) groups is 1. The molecule has 3 N–H and O–H groups in total. The fourth-order valence-electron chi connectivity index (χ4n) is 4.51. The topological polar surface area (TPSA) is 85.3 Å². The highest BCUT2D eigenvalue weighted by Crippen LogP contribution is 2.33. The van der Waals surface area contributed by atoms with Gasteiger partial charge in [0.25, 0.3) is 0 Å². The van der Waals surface area contributed by atoms with Crippen LogP contribution in [0.1, 0.15) is 34.3 Å². The van der Waals surface area contributed by atoms with Crippen LogP contribution < -0.4 is 11.1 Å². The number of hydrogen-bond donors (Lipinski definition) is 2. The van der Waals surface area contributed by atoms with Crippen LogP contribution in [0, 0.1) is 25.6 Å². The number of aryl methyl sites for hydroxylation is 2. The first kappa shape index (κ1) is 24.6. The van der Waals surface area contributed by atoms with Gasteiger partial charge in [-0.25, -0.2) is 13.9 Å². The lowest BCUT2D eigenvalue weighted by molar-refractivity contribution is 0.0999. The highest BCUT2D eigenvalue weighted by Gasteiger charge is 2.18. The Bertz CT molecular complexity index is 1410. The molecule has 9 heteroatoms. The molecule has 0 atom stereocenters. The first-order valence-electron chi connectivity index (χ1n) is 11.9. The van der Waals surface area contributed by atoms with Gasteiger partial charge in [-0.2, -0.15) is 16.9 Å². The van der Waals surface area contributed by atoms with E-state index in [2.05, 4.69) is 5.32 Å². The van der Waals surface area contributed by atoms with E-state index in [1.807, 2.05) is 54.4 Å². The predicted octanol–water partition coefficient (Wildman–Crippen LogP) is 5.96. The summed E-state index contributed by atoms with van der Waals surface area (Å²) in [6.45, 7) is 4.62. The largest absolute Gasteiger partial charge is 0.382 e. The molecule has 1 aliphatic rings. The summed E-state index contributed by atoms with van der Waals surface area (Å²) >= 11 is 3.44. The van der Waals surface area contributed by atoms with Crippen molar-refractivity contribution >= 4 is 40.8 Å². The van der Waals surface area contributed by atoms with Crippen LogP contribution in [0.25, 0.3) is 16.9 Å². The van der Waals surface area contributed by atoms with E-state index in [0.717, 1.165) is 50.2 Å². The Morgan fingerprint density at radius 1 is 1.19 bits per heavy atom. The number of anilines is 1. The lowest BCUT2D eigenvalue weighted by Crippen LogP contribution is -2.19. The maximum absolute atomic E-state index is 14.1. The van der Waals surface area contributed by atoms with Gasteiger partial charge in [-0.3, -0.25) is 4.79 Å². The fourth-order valence-corrected chi connectivity index (χ4v) is 6.67. The average Bonchev–Trinajstić information content (AvgIpc) is 3.26. The number of aromatic nitrogens is 3. The van der Waals surface area contributed by atoms with E-state index >= 15 is 0 Å². The van der Waals surface area contributed by atoms with Crippen molar-refractivity contribution in [1.82, 2.24) is 14.6 Å². The summed E-state index contributed by atoms with van der Waals surface area (Å²) in [6.07, 6.45) is 4.20. The monoisotopic (exact) mass is 521 g/mol. The number of nitrogens with two attached hydrogens (primary N) is 1. The van der Waals surface area contributed by atoms with Crippen molar-refractivity contribution in [1.29, 1.82) is 0 Å². The van der Waals surface area contributed by atoms with Gasteiger partial charge < -0.3 is 11.1 Å². The predicted molar refractivity (Wildman–Crippen MR) is 145 cm³/mol. The lowest BCUT2D eigenvalue weighted by atomic mass is 10.0. The molecular formula is C27H28FN5OS2. The molecule has 2 aromatic heterocycles.